The summed E-state index contributed by atoms with van der Waals surface area (Å²) in [6.07, 6.45) is -2.89. The molecule has 2 atom stereocenters. The van der Waals surface area contributed by atoms with Gasteiger partial charge >= 0.3 is 6.18 Å². The van der Waals surface area contributed by atoms with Gasteiger partial charge in [0.15, 0.2) is 5.78 Å². The lowest BCUT2D eigenvalue weighted by molar-refractivity contribution is -0.137. The second-order valence-electron chi connectivity index (χ2n) is 8.08. The van der Waals surface area contributed by atoms with Gasteiger partial charge in [0, 0.05) is 33.8 Å². The van der Waals surface area contributed by atoms with Gasteiger partial charge in [-0.25, -0.2) is 0 Å². The summed E-state index contributed by atoms with van der Waals surface area (Å²) in [4.78, 5) is 31.0. The topological polar surface area (TPSA) is 58.5 Å². The molecule has 0 aromatic heterocycles. The molecule has 9 heteroatoms. The van der Waals surface area contributed by atoms with Crippen molar-refractivity contribution in [2.45, 2.75) is 38.3 Å². The highest BCUT2D eigenvalue weighted by Gasteiger charge is 2.42. The van der Waals surface area contributed by atoms with E-state index in [9.17, 15) is 22.8 Å². The average molecular weight is 540 g/mol. The Bertz CT molecular complexity index is 1210. The highest BCUT2D eigenvalue weighted by molar-refractivity contribution is 9.10. The van der Waals surface area contributed by atoms with Crippen molar-refractivity contribution in [1.82, 2.24) is 0 Å². The number of aliphatic imine (C=N–C) groups is 1. The lowest BCUT2D eigenvalue weighted by Gasteiger charge is -2.35. The van der Waals surface area contributed by atoms with Crippen LogP contribution in [0.15, 0.2) is 63.2 Å². The summed E-state index contributed by atoms with van der Waals surface area (Å²) in [7, 11) is 0. The molecular weight excluding hydrogens is 521 g/mol. The van der Waals surface area contributed by atoms with E-state index < -0.39 is 29.5 Å². The molecule has 0 saturated carbocycles. The molecule has 0 saturated heterocycles. The first-order chi connectivity index (χ1) is 15.6. The van der Waals surface area contributed by atoms with Crippen LogP contribution >= 0.6 is 27.5 Å². The SMILES string of the molecule is CC1=NC2=C(C(=O)CCC2)[C@@H](c2cccc(Br)c2)C1C(=O)Nc1cc(C(F)(F)F)ccc1Cl. The summed E-state index contributed by atoms with van der Waals surface area (Å²) in [5.74, 6) is -2.13. The normalized spacial score (nSPS) is 20.9. The van der Waals surface area contributed by atoms with Crippen LogP contribution in [0.2, 0.25) is 5.02 Å². The Hall–Kier alpha value is -2.45. The third kappa shape index (κ3) is 4.77. The van der Waals surface area contributed by atoms with Gasteiger partial charge in [-0.1, -0.05) is 39.7 Å². The number of alkyl halides is 3. The van der Waals surface area contributed by atoms with Crippen molar-refractivity contribution in [2.24, 2.45) is 10.9 Å². The fourth-order valence-corrected chi connectivity index (χ4v) is 5.00. The number of nitrogens with zero attached hydrogens (tertiary/aromatic N) is 1. The van der Waals surface area contributed by atoms with Crippen molar-refractivity contribution >= 4 is 50.6 Å². The largest absolute Gasteiger partial charge is 0.416 e. The summed E-state index contributed by atoms with van der Waals surface area (Å²) >= 11 is 9.53. The third-order valence-corrected chi connectivity index (χ3v) is 6.70. The molecule has 1 aliphatic heterocycles. The van der Waals surface area contributed by atoms with Gasteiger partial charge in [-0.05, 0) is 55.7 Å². The predicted molar refractivity (Wildman–Crippen MR) is 124 cm³/mol. The van der Waals surface area contributed by atoms with Crippen LogP contribution < -0.4 is 5.32 Å². The number of Topliss-reactive ketones (excluding diaryl/α,β-unsaturated/α-hetero) is 1. The molecule has 2 aromatic rings. The van der Waals surface area contributed by atoms with Crippen LogP contribution in [0.1, 0.15) is 43.2 Å². The van der Waals surface area contributed by atoms with E-state index in [2.05, 4.69) is 26.2 Å². The van der Waals surface area contributed by atoms with Crippen LogP contribution in [0, 0.1) is 5.92 Å². The first-order valence-corrected chi connectivity index (χ1v) is 11.5. The minimum absolute atomic E-state index is 0.0191. The Balaban J connectivity index is 1.77. The van der Waals surface area contributed by atoms with E-state index in [1.807, 2.05) is 24.3 Å². The Kier molecular flexibility index (Phi) is 6.51. The van der Waals surface area contributed by atoms with Gasteiger partial charge in [0.25, 0.3) is 0 Å². The molecule has 172 valence electrons. The number of hydrogen-bond acceptors (Lipinski definition) is 3. The zero-order valence-electron chi connectivity index (χ0n) is 17.5. The summed E-state index contributed by atoms with van der Waals surface area (Å²) in [5, 5.41) is 2.53. The Morgan fingerprint density at radius 2 is 1.94 bits per heavy atom. The van der Waals surface area contributed by atoms with Gasteiger partial charge in [-0.2, -0.15) is 13.2 Å². The summed E-state index contributed by atoms with van der Waals surface area (Å²) in [5.41, 5.74) is 1.35. The lowest BCUT2D eigenvalue weighted by atomic mass is 9.71. The maximum atomic E-state index is 13.5. The summed E-state index contributed by atoms with van der Waals surface area (Å²) < 4.78 is 40.3. The zero-order valence-corrected chi connectivity index (χ0v) is 19.8. The Morgan fingerprint density at radius 3 is 2.64 bits per heavy atom. The number of benzene rings is 2. The molecule has 4 rings (SSSR count). The fraction of sp³-hybridized carbons (Fsp3) is 0.292. The number of hydrogen-bond donors (Lipinski definition) is 1. The summed E-state index contributed by atoms with van der Waals surface area (Å²) in [6, 6.07) is 10.1. The Labute approximate surface area is 202 Å². The van der Waals surface area contributed by atoms with E-state index in [0.29, 0.717) is 36.2 Å². The van der Waals surface area contributed by atoms with Gasteiger partial charge in [-0.15, -0.1) is 0 Å². The van der Waals surface area contributed by atoms with E-state index >= 15 is 0 Å². The molecule has 0 fully saturated rings. The quantitative estimate of drug-likeness (QED) is 0.459. The van der Waals surface area contributed by atoms with Crippen molar-refractivity contribution in [2.75, 3.05) is 5.32 Å². The molecular formula is C24H19BrClF3N2O2. The maximum Gasteiger partial charge on any atom is 0.416 e. The van der Waals surface area contributed by atoms with Crippen molar-refractivity contribution in [1.29, 1.82) is 0 Å². The molecule has 0 radical (unpaired) electrons. The molecule has 2 aliphatic rings. The van der Waals surface area contributed by atoms with Crippen molar-refractivity contribution in [3.8, 4) is 0 Å². The fourth-order valence-electron chi connectivity index (χ4n) is 4.41. The van der Waals surface area contributed by atoms with Gasteiger partial charge in [0.1, 0.15) is 0 Å². The van der Waals surface area contributed by atoms with Crippen LogP contribution in [0.5, 0.6) is 0 Å². The molecule has 2 aromatic carbocycles. The minimum Gasteiger partial charge on any atom is -0.324 e. The standard InChI is InChI=1S/C24H19BrClF3N2O2/c1-12-20(23(33)31-18-11-14(24(27,28)29)8-9-16(18)26)21(13-4-2-5-15(25)10-13)22-17(30-12)6-3-7-19(22)32/h2,4-5,8-11,20-21H,3,6-7H2,1H3,(H,31,33)/t20?,21-/m0/s1. The smallest absolute Gasteiger partial charge is 0.324 e. The number of anilines is 1. The second-order valence-corrected chi connectivity index (χ2v) is 9.41. The van der Waals surface area contributed by atoms with Crippen LogP contribution in [0.3, 0.4) is 0 Å². The number of ketones is 1. The number of rotatable bonds is 3. The van der Waals surface area contributed by atoms with Gasteiger partial charge < -0.3 is 5.32 Å². The molecule has 1 N–H and O–H groups in total. The zero-order chi connectivity index (χ0) is 23.9. The molecule has 1 aliphatic carbocycles. The van der Waals surface area contributed by atoms with Crippen molar-refractivity contribution in [3.63, 3.8) is 0 Å². The number of carbonyl (C=O) groups excluding carboxylic acids is 2. The predicted octanol–water partition coefficient (Wildman–Crippen LogP) is 6.94. The van der Waals surface area contributed by atoms with Gasteiger partial charge in [-0.3, -0.25) is 14.6 Å². The van der Waals surface area contributed by atoms with Crippen LogP contribution in [-0.4, -0.2) is 17.4 Å². The van der Waals surface area contributed by atoms with Crippen LogP contribution in [0.25, 0.3) is 0 Å². The Morgan fingerprint density at radius 1 is 1.18 bits per heavy atom. The van der Waals surface area contributed by atoms with E-state index in [-0.39, 0.29) is 16.5 Å². The highest BCUT2D eigenvalue weighted by atomic mass is 79.9. The third-order valence-electron chi connectivity index (χ3n) is 5.88. The van der Waals surface area contributed by atoms with E-state index in [0.717, 1.165) is 28.2 Å². The number of nitrogens with one attached hydrogen (secondary N) is 1. The van der Waals surface area contributed by atoms with Crippen LogP contribution in [-0.2, 0) is 15.8 Å². The highest BCUT2D eigenvalue weighted by Crippen LogP contribution is 2.44. The van der Waals surface area contributed by atoms with Gasteiger partial charge in [0.05, 0.1) is 22.2 Å². The lowest BCUT2D eigenvalue weighted by Crippen LogP contribution is -2.39. The first-order valence-electron chi connectivity index (χ1n) is 10.3. The molecule has 0 bridgehead atoms. The second kappa shape index (κ2) is 9.06. The number of allylic oxidation sites excluding steroid dienone is 2. The van der Waals surface area contributed by atoms with Gasteiger partial charge in [0.2, 0.25) is 5.91 Å². The average Bonchev–Trinajstić information content (AvgIpc) is 2.73. The molecule has 1 amide bonds. The van der Waals surface area contributed by atoms with E-state index in [1.54, 1.807) is 6.92 Å². The maximum absolute atomic E-state index is 13.5. The van der Waals surface area contributed by atoms with E-state index in [4.69, 9.17) is 11.6 Å². The molecule has 4 nitrogen and oxygen atoms in total. The number of amides is 1. The van der Waals surface area contributed by atoms with E-state index in [1.165, 1.54) is 0 Å². The monoisotopic (exact) mass is 538 g/mol. The molecule has 1 heterocycles. The van der Waals surface area contributed by atoms with Crippen molar-refractivity contribution in [3.05, 3.63) is 74.4 Å². The molecule has 33 heavy (non-hydrogen) atoms. The minimum atomic E-state index is -4.58. The van der Waals surface area contributed by atoms with Crippen molar-refractivity contribution < 1.29 is 22.8 Å². The first kappa shape index (κ1) is 23.7. The molecule has 1 unspecified atom stereocenters. The summed E-state index contributed by atoms with van der Waals surface area (Å²) in [6.45, 7) is 1.70. The van der Waals surface area contributed by atoms with Crippen LogP contribution in [0.4, 0.5) is 18.9 Å². The number of halogens is 5. The number of carbonyl (C=O) groups is 2. The molecule has 0 spiro atoms.